The molecule has 1 N–H and O–H groups in total. The van der Waals surface area contributed by atoms with Gasteiger partial charge in [-0.1, -0.05) is 54.6 Å². The average Bonchev–Trinajstić information content (AvgIpc) is 2.95. The largest absolute Gasteiger partial charge is 0.300 e. The van der Waals surface area contributed by atoms with Gasteiger partial charge in [0.25, 0.3) is 5.91 Å². The number of nitrogens with one attached hydrogen (secondary N) is 1. The molecule has 1 heterocycles. The lowest BCUT2D eigenvalue weighted by Gasteiger charge is -1.98. The molecule has 1 fully saturated rings. The summed E-state index contributed by atoms with van der Waals surface area (Å²) in [5, 5.41) is 11.3. The van der Waals surface area contributed by atoms with Crippen LogP contribution >= 0.6 is 11.8 Å². The molecule has 2 aromatic rings. The normalized spacial score (nSPS) is 17.2. The molecule has 0 spiro atoms. The number of carbonyl (C=O) groups excluding carboxylic acids is 1. The van der Waals surface area contributed by atoms with Gasteiger partial charge in [0.1, 0.15) is 5.82 Å². The van der Waals surface area contributed by atoms with E-state index in [1.807, 2.05) is 30.3 Å². The summed E-state index contributed by atoms with van der Waals surface area (Å²) in [6.07, 6.45) is 6.91. The van der Waals surface area contributed by atoms with E-state index in [1.165, 1.54) is 6.07 Å². The van der Waals surface area contributed by atoms with Gasteiger partial charge in [-0.15, -0.1) is 4.99 Å². The lowest BCUT2D eigenvalue weighted by atomic mass is 10.1. The molecular weight excluding hydrogens is 337 g/mol. The lowest BCUT2D eigenvalue weighted by Crippen LogP contribution is -2.19. The van der Waals surface area contributed by atoms with Crippen molar-refractivity contribution in [2.24, 2.45) is 4.99 Å². The fourth-order valence-electron chi connectivity index (χ4n) is 2.18. The maximum absolute atomic E-state index is 13.6. The molecule has 1 aliphatic heterocycles. The Hall–Kier alpha value is -3.17. The molecule has 0 aromatic heterocycles. The van der Waals surface area contributed by atoms with Crippen LogP contribution in [0.15, 0.2) is 58.4 Å². The summed E-state index contributed by atoms with van der Waals surface area (Å²) in [5.41, 5.74) is 2.29. The summed E-state index contributed by atoms with van der Waals surface area (Å²) in [7, 11) is 0. The number of rotatable bonds is 3. The van der Waals surface area contributed by atoms with Crippen LogP contribution in [0.1, 0.15) is 16.7 Å². The number of hydrogen-bond donors (Lipinski definition) is 1. The second kappa shape index (κ2) is 7.60. The zero-order chi connectivity index (χ0) is 17.6. The Kier molecular flexibility index (Phi) is 5.07. The van der Waals surface area contributed by atoms with Crippen molar-refractivity contribution >= 4 is 41.1 Å². The Morgan fingerprint density at radius 3 is 2.52 bits per heavy atom. The van der Waals surface area contributed by atoms with E-state index in [1.54, 1.807) is 36.5 Å². The van der Waals surface area contributed by atoms with Gasteiger partial charge in [0.15, 0.2) is 5.17 Å². The number of carbonyl (C=O) groups is 1. The third kappa shape index (κ3) is 4.22. The van der Waals surface area contributed by atoms with E-state index in [4.69, 9.17) is 5.26 Å². The quantitative estimate of drug-likeness (QED) is 0.517. The lowest BCUT2D eigenvalue weighted by molar-refractivity contribution is -0.115. The van der Waals surface area contributed by atoms with E-state index in [9.17, 15) is 9.18 Å². The summed E-state index contributed by atoms with van der Waals surface area (Å²) in [6, 6.07) is 14.1. The van der Waals surface area contributed by atoms with Gasteiger partial charge in [0.2, 0.25) is 6.19 Å². The molecule has 3 rings (SSSR count). The molecular formula is C19H12FN3OS. The number of nitrogens with zero attached hydrogens (tertiary/aromatic N) is 2. The fourth-order valence-corrected chi connectivity index (χ4v) is 2.95. The van der Waals surface area contributed by atoms with E-state index in [2.05, 4.69) is 10.3 Å². The van der Waals surface area contributed by atoms with Crippen molar-refractivity contribution in [2.45, 2.75) is 0 Å². The highest BCUT2D eigenvalue weighted by Crippen LogP contribution is 2.26. The van der Waals surface area contributed by atoms with Crippen molar-refractivity contribution in [1.82, 2.24) is 5.32 Å². The van der Waals surface area contributed by atoms with Gasteiger partial charge < -0.3 is 0 Å². The highest BCUT2D eigenvalue weighted by molar-refractivity contribution is 8.18. The summed E-state index contributed by atoms with van der Waals surface area (Å²) in [4.78, 5) is 15.8. The molecule has 0 atom stereocenters. The Balaban J connectivity index is 1.74. The summed E-state index contributed by atoms with van der Waals surface area (Å²) < 4.78 is 13.6. The smallest absolute Gasteiger partial charge is 0.264 e. The van der Waals surface area contributed by atoms with Crippen molar-refractivity contribution in [3.8, 4) is 6.19 Å². The first-order chi connectivity index (χ1) is 12.2. The number of aliphatic imine (C=N–C) groups is 1. The molecule has 25 heavy (non-hydrogen) atoms. The van der Waals surface area contributed by atoms with Gasteiger partial charge >= 0.3 is 0 Å². The standard InChI is InChI=1S/C19H12FN3OS/c20-16-4-2-1-3-15(16)10-9-13-5-7-14(8-6-13)11-17-18(24)23-19(25-17)22-12-21/h1-11H,(H,22,23,24)/b10-9?,17-11+. The van der Waals surface area contributed by atoms with Crippen LogP contribution in [0.25, 0.3) is 18.2 Å². The maximum atomic E-state index is 13.6. The Morgan fingerprint density at radius 1 is 1.08 bits per heavy atom. The molecule has 1 aliphatic rings. The summed E-state index contributed by atoms with van der Waals surface area (Å²) in [5.74, 6) is -0.540. The highest BCUT2D eigenvalue weighted by atomic mass is 32.2. The zero-order valence-corrected chi connectivity index (χ0v) is 13.8. The minimum atomic E-state index is -0.275. The van der Waals surface area contributed by atoms with E-state index in [0.717, 1.165) is 22.9 Å². The summed E-state index contributed by atoms with van der Waals surface area (Å²) >= 11 is 1.12. The van der Waals surface area contributed by atoms with Crippen LogP contribution in [0.2, 0.25) is 0 Å². The molecule has 0 bridgehead atoms. The van der Waals surface area contributed by atoms with Crippen LogP contribution in [-0.2, 0) is 4.79 Å². The number of hydrogen-bond acceptors (Lipinski definition) is 4. The molecule has 0 saturated carbocycles. The van der Waals surface area contributed by atoms with Crippen LogP contribution in [-0.4, -0.2) is 11.1 Å². The second-order valence-corrected chi connectivity index (χ2v) is 6.13. The molecule has 122 valence electrons. The van der Waals surface area contributed by atoms with Crippen LogP contribution in [0.4, 0.5) is 4.39 Å². The van der Waals surface area contributed by atoms with Gasteiger partial charge in [-0.3, -0.25) is 10.1 Å². The molecule has 6 heteroatoms. The number of halogens is 1. The number of amidine groups is 1. The highest BCUT2D eigenvalue weighted by Gasteiger charge is 2.23. The van der Waals surface area contributed by atoms with Crippen molar-refractivity contribution in [2.75, 3.05) is 0 Å². The Labute approximate surface area is 148 Å². The molecule has 0 radical (unpaired) electrons. The first-order valence-corrected chi connectivity index (χ1v) is 8.18. The third-order valence-corrected chi connectivity index (χ3v) is 4.31. The fraction of sp³-hybridized carbons (Fsp3) is 0. The third-order valence-electron chi connectivity index (χ3n) is 3.40. The SMILES string of the molecule is N#CN=C1NC(=O)/C(=C\c2ccc(C=Cc3ccccc3F)cc2)S1. The molecule has 2 aromatic carbocycles. The van der Waals surface area contributed by atoms with Crippen LogP contribution in [0.3, 0.4) is 0 Å². The van der Waals surface area contributed by atoms with E-state index in [-0.39, 0.29) is 16.9 Å². The topological polar surface area (TPSA) is 65.2 Å². The van der Waals surface area contributed by atoms with Gasteiger partial charge in [-0.05, 0) is 35.0 Å². The van der Waals surface area contributed by atoms with Gasteiger partial charge in [0, 0.05) is 5.56 Å². The van der Waals surface area contributed by atoms with Gasteiger partial charge in [0.05, 0.1) is 4.91 Å². The van der Waals surface area contributed by atoms with Gasteiger partial charge in [-0.25, -0.2) is 4.39 Å². The van der Waals surface area contributed by atoms with Crippen molar-refractivity contribution in [1.29, 1.82) is 5.26 Å². The summed E-state index contributed by atoms with van der Waals surface area (Å²) in [6.45, 7) is 0. The van der Waals surface area contributed by atoms with E-state index in [0.29, 0.717) is 10.5 Å². The number of amides is 1. The number of benzene rings is 2. The molecule has 1 amide bonds. The predicted octanol–water partition coefficient (Wildman–Crippen LogP) is 4.04. The van der Waals surface area contributed by atoms with Crippen LogP contribution in [0.5, 0.6) is 0 Å². The van der Waals surface area contributed by atoms with Gasteiger partial charge in [-0.2, -0.15) is 5.26 Å². The maximum Gasteiger partial charge on any atom is 0.264 e. The minimum Gasteiger partial charge on any atom is -0.300 e. The van der Waals surface area contributed by atoms with Crippen molar-refractivity contribution in [3.05, 3.63) is 75.9 Å². The Bertz CT molecular complexity index is 940. The molecule has 0 aliphatic carbocycles. The first kappa shape index (κ1) is 16.7. The van der Waals surface area contributed by atoms with Crippen molar-refractivity contribution < 1.29 is 9.18 Å². The zero-order valence-electron chi connectivity index (χ0n) is 12.9. The van der Waals surface area contributed by atoms with Crippen molar-refractivity contribution in [3.63, 3.8) is 0 Å². The van der Waals surface area contributed by atoms with E-state index < -0.39 is 0 Å². The molecule has 0 unspecified atom stereocenters. The monoisotopic (exact) mass is 349 g/mol. The number of nitriles is 1. The minimum absolute atomic E-state index is 0.265. The molecule has 1 saturated heterocycles. The van der Waals surface area contributed by atoms with Crippen LogP contribution in [0, 0.1) is 17.3 Å². The predicted molar refractivity (Wildman–Crippen MR) is 98.5 cm³/mol. The number of thioether (sulfide) groups is 1. The van der Waals surface area contributed by atoms with E-state index >= 15 is 0 Å². The second-order valence-electron chi connectivity index (χ2n) is 5.10. The molecule has 4 nitrogen and oxygen atoms in total. The first-order valence-electron chi connectivity index (χ1n) is 7.36. The average molecular weight is 349 g/mol. The Morgan fingerprint density at radius 2 is 1.80 bits per heavy atom. The van der Waals surface area contributed by atoms with Crippen LogP contribution < -0.4 is 5.32 Å².